The molecule has 3 rings (SSSR count). The third kappa shape index (κ3) is 2.55. The fourth-order valence-corrected chi connectivity index (χ4v) is 2.84. The average molecular weight is 307 g/mol. The van der Waals surface area contributed by atoms with E-state index in [4.69, 9.17) is 16.6 Å². The minimum atomic E-state index is 0.573. The first kappa shape index (κ1) is 14.1. The van der Waals surface area contributed by atoms with Crippen LogP contribution in [0.2, 0.25) is 0 Å². The Morgan fingerprint density at radius 2 is 2.14 bits per heavy atom. The Morgan fingerprint density at radius 1 is 1.29 bits per heavy atom. The van der Waals surface area contributed by atoms with Gasteiger partial charge < -0.3 is 9.13 Å². The molecule has 0 amide bonds. The van der Waals surface area contributed by atoms with Gasteiger partial charge in [0.1, 0.15) is 11.3 Å². The Morgan fingerprint density at radius 3 is 2.81 bits per heavy atom. The standard InChI is InChI=1S/C14H19ClN6/c1-3-11-13-14(19(2)18-11)21(12(17-13)4-5-15)9-8-20-7-6-16-10-20/h6-7,10H,3-5,8-9H2,1-2H3. The highest BCUT2D eigenvalue weighted by atomic mass is 35.5. The predicted molar refractivity (Wildman–Crippen MR) is 82.5 cm³/mol. The van der Waals surface area contributed by atoms with Gasteiger partial charge in [-0.05, 0) is 6.42 Å². The maximum Gasteiger partial charge on any atom is 0.158 e. The van der Waals surface area contributed by atoms with Gasteiger partial charge in [0.25, 0.3) is 0 Å². The summed E-state index contributed by atoms with van der Waals surface area (Å²) in [6, 6.07) is 0. The molecule has 0 aromatic carbocycles. The second-order valence-electron chi connectivity index (χ2n) is 5.02. The van der Waals surface area contributed by atoms with Crippen LogP contribution in [-0.2, 0) is 33.0 Å². The minimum Gasteiger partial charge on any atom is -0.336 e. The van der Waals surface area contributed by atoms with E-state index in [1.165, 1.54) is 0 Å². The van der Waals surface area contributed by atoms with Crippen LogP contribution in [0.5, 0.6) is 0 Å². The molecule has 0 fully saturated rings. The monoisotopic (exact) mass is 306 g/mol. The molecule has 0 bridgehead atoms. The van der Waals surface area contributed by atoms with Crippen LogP contribution >= 0.6 is 11.6 Å². The van der Waals surface area contributed by atoms with Crippen LogP contribution < -0.4 is 0 Å². The van der Waals surface area contributed by atoms with E-state index in [1.54, 1.807) is 6.20 Å². The molecule has 0 aliphatic rings. The van der Waals surface area contributed by atoms with E-state index in [9.17, 15) is 0 Å². The Labute approximate surface area is 128 Å². The van der Waals surface area contributed by atoms with Gasteiger partial charge in [-0.15, -0.1) is 11.6 Å². The molecule has 6 nitrogen and oxygen atoms in total. The number of aromatic nitrogens is 6. The Kier molecular flexibility index (Phi) is 3.96. The molecule has 0 N–H and O–H groups in total. The molecule has 0 saturated heterocycles. The van der Waals surface area contributed by atoms with Crippen LogP contribution in [0.4, 0.5) is 0 Å². The number of hydrogen-bond donors (Lipinski definition) is 0. The molecule has 0 aliphatic carbocycles. The van der Waals surface area contributed by atoms with Crippen molar-refractivity contribution in [1.29, 1.82) is 0 Å². The quantitative estimate of drug-likeness (QED) is 0.655. The Bertz CT molecular complexity index is 724. The molecule has 3 aromatic heterocycles. The van der Waals surface area contributed by atoms with Gasteiger partial charge in [-0.3, -0.25) is 4.68 Å². The van der Waals surface area contributed by atoms with Crippen LogP contribution in [0.15, 0.2) is 18.7 Å². The summed E-state index contributed by atoms with van der Waals surface area (Å²) in [4.78, 5) is 8.84. The van der Waals surface area contributed by atoms with Gasteiger partial charge in [-0.1, -0.05) is 6.92 Å². The lowest BCUT2D eigenvalue weighted by Gasteiger charge is -2.09. The Balaban J connectivity index is 2.00. The zero-order valence-corrected chi connectivity index (χ0v) is 13.1. The van der Waals surface area contributed by atoms with Gasteiger partial charge >= 0.3 is 0 Å². The molecule has 112 valence electrons. The van der Waals surface area contributed by atoms with Crippen LogP contribution in [0.1, 0.15) is 18.4 Å². The number of hydrogen-bond acceptors (Lipinski definition) is 3. The van der Waals surface area contributed by atoms with Crippen LogP contribution in [0, 0.1) is 0 Å². The third-order valence-electron chi connectivity index (χ3n) is 3.66. The SMILES string of the molecule is CCc1nn(C)c2c1nc(CCCl)n2CCn1ccnc1. The number of nitrogens with zero attached hydrogens (tertiary/aromatic N) is 6. The number of fused-ring (bicyclic) bond motifs is 1. The molecular weight excluding hydrogens is 288 g/mol. The topological polar surface area (TPSA) is 53.5 Å². The van der Waals surface area contributed by atoms with Crippen molar-refractivity contribution in [3.05, 3.63) is 30.2 Å². The summed E-state index contributed by atoms with van der Waals surface area (Å²) in [5.41, 5.74) is 3.13. The lowest BCUT2D eigenvalue weighted by Crippen LogP contribution is -2.12. The summed E-state index contributed by atoms with van der Waals surface area (Å²) in [6.45, 7) is 3.79. The van der Waals surface area contributed by atoms with E-state index in [0.29, 0.717) is 5.88 Å². The van der Waals surface area contributed by atoms with E-state index in [0.717, 1.165) is 48.6 Å². The molecule has 0 unspecified atom stereocenters. The highest BCUT2D eigenvalue weighted by Crippen LogP contribution is 2.20. The first-order valence-electron chi connectivity index (χ1n) is 7.17. The molecule has 3 heterocycles. The number of alkyl halides is 1. The fourth-order valence-electron chi connectivity index (χ4n) is 2.67. The highest BCUT2D eigenvalue weighted by molar-refractivity contribution is 6.17. The van der Waals surface area contributed by atoms with Crippen molar-refractivity contribution < 1.29 is 0 Å². The minimum absolute atomic E-state index is 0.573. The fraction of sp³-hybridized carbons (Fsp3) is 0.500. The number of halogens is 1. The number of rotatable bonds is 6. The summed E-state index contributed by atoms with van der Waals surface area (Å²) < 4.78 is 6.21. The first-order chi connectivity index (χ1) is 10.2. The van der Waals surface area contributed by atoms with Crippen LogP contribution in [0.3, 0.4) is 0 Å². The van der Waals surface area contributed by atoms with Crippen molar-refractivity contribution >= 4 is 22.8 Å². The van der Waals surface area contributed by atoms with Crippen molar-refractivity contribution in [2.45, 2.75) is 32.9 Å². The lowest BCUT2D eigenvalue weighted by atomic mass is 10.3. The van der Waals surface area contributed by atoms with Crippen LogP contribution in [-0.4, -0.2) is 34.8 Å². The zero-order valence-electron chi connectivity index (χ0n) is 12.3. The van der Waals surface area contributed by atoms with E-state index in [2.05, 4.69) is 26.1 Å². The molecule has 0 atom stereocenters. The van der Waals surface area contributed by atoms with Gasteiger partial charge in [-0.25, -0.2) is 9.97 Å². The van der Waals surface area contributed by atoms with E-state index < -0.39 is 0 Å². The molecule has 0 radical (unpaired) electrons. The number of imidazole rings is 2. The summed E-state index contributed by atoms with van der Waals surface area (Å²) in [5, 5.41) is 4.56. The van der Waals surface area contributed by atoms with Gasteiger partial charge in [-0.2, -0.15) is 5.10 Å². The molecule has 3 aromatic rings. The van der Waals surface area contributed by atoms with Crippen LogP contribution in [0.25, 0.3) is 11.2 Å². The highest BCUT2D eigenvalue weighted by Gasteiger charge is 2.17. The molecule has 0 spiro atoms. The molecule has 21 heavy (non-hydrogen) atoms. The normalized spacial score (nSPS) is 11.6. The van der Waals surface area contributed by atoms with Gasteiger partial charge in [0.05, 0.1) is 12.0 Å². The van der Waals surface area contributed by atoms with E-state index in [-0.39, 0.29) is 0 Å². The second-order valence-corrected chi connectivity index (χ2v) is 5.39. The maximum atomic E-state index is 5.92. The molecule has 0 aliphatic heterocycles. The van der Waals surface area contributed by atoms with Crippen molar-refractivity contribution in [1.82, 2.24) is 28.9 Å². The largest absolute Gasteiger partial charge is 0.336 e. The lowest BCUT2D eigenvalue weighted by molar-refractivity contribution is 0.559. The second kappa shape index (κ2) is 5.89. The molecule has 7 heteroatoms. The molecule has 0 saturated carbocycles. The summed E-state index contributed by atoms with van der Waals surface area (Å²) in [5.74, 6) is 1.60. The van der Waals surface area contributed by atoms with Gasteiger partial charge in [0.15, 0.2) is 5.65 Å². The van der Waals surface area contributed by atoms with E-state index >= 15 is 0 Å². The maximum absolute atomic E-state index is 5.92. The smallest absolute Gasteiger partial charge is 0.158 e. The third-order valence-corrected chi connectivity index (χ3v) is 3.85. The van der Waals surface area contributed by atoms with Crippen molar-refractivity contribution in [3.63, 3.8) is 0 Å². The van der Waals surface area contributed by atoms with Crippen molar-refractivity contribution in [2.24, 2.45) is 7.05 Å². The van der Waals surface area contributed by atoms with Gasteiger partial charge in [0, 0.05) is 44.8 Å². The molecular formula is C14H19ClN6. The van der Waals surface area contributed by atoms with Gasteiger partial charge in [0.2, 0.25) is 0 Å². The summed E-state index contributed by atoms with van der Waals surface area (Å²) >= 11 is 5.92. The Hall–Kier alpha value is -1.82. The van der Waals surface area contributed by atoms with E-state index in [1.807, 2.05) is 24.3 Å². The summed E-state index contributed by atoms with van der Waals surface area (Å²) in [6.07, 6.45) is 7.24. The zero-order chi connectivity index (χ0) is 14.8. The predicted octanol–water partition coefficient (Wildman–Crippen LogP) is 2.01. The number of aryl methyl sites for hydroxylation is 5. The van der Waals surface area contributed by atoms with Crippen molar-refractivity contribution in [2.75, 3.05) is 5.88 Å². The average Bonchev–Trinajstić information content (AvgIpc) is 3.16. The van der Waals surface area contributed by atoms with Crippen molar-refractivity contribution in [3.8, 4) is 0 Å². The first-order valence-corrected chi connectivity index (χ1v) is 7.70. The summed E-state index contributed by atoms with van der Waals surface area (Å²) in [7, 11) is 1.97.